The normalized spacial score (nSPS) is 12.6. The second kappa shape index (κ2) is 6.45. The van der Waals surface area contributed by atoms with Crippen molar-refractivity contribution in [2.75, 3.05) is 18.5 Å². The molecule has 2 aromatic heterocycles. The summed E-state index contributed by atoms with van der Waals surface area (Å²) >= 11 is 3.44. The molecule has 0 saturated carbocycles. The summed E-state index contributed by atoms with van der Waals surface area (Å²) in [6.45, 7) is 8.11. The van der Waals surface area contributed by atoms with E-state index in [1.165, 1.54) is 4.88 Å². The minimum absolute atomic E-state index is 0.367. The maximum Gasteiger partial charge on any atom is 0.185 e. The van der Waals surface area contributed by atoms with Crippen LogP contribution in [0.4, 0.5) is 5.13 Å². The first-order valence-electron chi connectivity index (χ1n) is 6.41. The Morgan fingerprint density at radius 1 is 1.47 bits per heavy atom. The molecule has 2 aromatic rings. The Hall–Kier alpha value is -0.980. The molecule has 0 aliphatic heterocycles. The van der Waals surface area contributed by atoms with E-state index < -0.39 is 0 Å². The lowest BCUT2D eigenvalue weighted by Crippen LogP contribution is -2.17. The first-order valence-corrected chi connectivity index (χ1v) is 8.11. The van der Waals surface area contributed by atoms with E-state index in [-0.39, 0.29) is 0 Å². The van der Waals surface area contributed by atoms with E-state index in [0.29, 0.717) is 6.04 Å². The van der Waals surface area contributed by atoms with Crippen molar-refractivity contribution in [3.8, 4) is 0 Å². The van der Waals surface area contributed by atoms with Gasteiger partial charge in [-0.25, -0.2) is 9.97 Å². The summed E-state index contributed by atoms with van der Waals surface area (Å²) in [5.41, 5.74) is 1.11. The molecule has 0 amide bonds. The van der Waals surface area contributed by atoms with Gasteiger partial charge in [0, 0.05) is 29.5 Å². The molecule has 0 radical (unpaired) electrons. The van der Waals surface area contributed by atoms with E-state index in [4.69, 9.17) is 0 Å². The summed E-state index contributed by atoms with van der Waals surface area (Å²) in [5.74, 6) is 0. The zero-order valence-electron chi connectivity index (χ0n) is 11.8. The highest BCUT2D eigenvalue weighted by Gasteiger charge is 2.12. The fraction of sp³-hybridized carbons (Fsp3) is 0.538. The third-order valence-corrected chi connectivity index (χ3v) is 4.96. The fourth-order valence-electron chi connectivity index (χ4n) is 1.85. The van der Waals surface area contributed by atoms with Crippen LogP contribution in [-0.2, 0) is 6.54 Å². The lowest BCUT2D eigenvalue weighted by molar-refractivity contribution is 0.606. The molecule has 4 nitrogen and oxygen atoms in total. The number of nitrogens with one attached hydrogen (secondary N) is 1. The fourth-order valence-corrected chi connectivity index (χ4v) is 3.36. The molecule has 1 N–H and O–H groups in total. The van der Waals surface area contributed by atoms with Crippen molar-refractivity contribution >= 4 is 27.8 Å². The molecule has 0 bridgehead atoms. The molecule has 1 atom stereocenters. The van der Waals surface area contributed by atoms with Gasteiger partial charge in [0.1, 0.15) is 0 Å². The summed E-state index contributed by atoms with van der Waals surface area (Å²) in [4.78, 5) is 12.4. The predicted molar refractivity (Wildman–Crippen MR) is 83.2 cm³/mol. The van der Waals surface area contributed by atoms with Crippen molar-refractivity contribution < 1.29 is 0 Å². The van der Waals surface area contributed by atoms with Gasteiger partial charge in [0.05, 0.1) is 17.2 Å². The highest BCUT2D eigenvalue weighted by Crippen LogP contribution is 2.27. The second-order valence-electron chi connectivity index (χ2n) is 4.54. The van der Waals surface area contributed by atoms with Gasteiger partial charge in [-0.15, -0.1) is 22.7 Å². The van der Waals surface area contributed by atoms with Crippen molar-refractivity contribution in [2.45, 2.75) is 33.4 Å². The van der Waals surface area contributed by atoms with Crippen molar-refractivity contribution in [3.63, 3.8) is 0 Å². The number of hydrogen-bond donors (Lipinski definition) is 1. The van der Waals surface area contributed by atoms with Crippen molar-refractivity contribution in [3.05, 3.63) is 27.2 Å². The Morgan fingerprint density at radius 2 is 2.26 bits per heavy atom. The Labute approximate surface area is 122 Å². The van der Waals surface area contributed by atoms with Crippen molar-refractivity contribution in [1.29, 1.82) is 0 Å². The molecule has 6 heteroatoms. The topological polar surface area (TPSA) is 41.1 Å². The number of thiazole rings is 2. The Bertz CT molecular complexity index is 520. The molecule has 0 saturated heterocycles. The zero-order chi connectivity index (χ0) is 13.8. The highest BCUT2D eigenvalue weighted by atomic mass is 32.1. The number of aryl methyl sites for hydroxylation is 1. The van der Waals surface area contributed by atoms with Gasteiger partial charge in [-0.2, -0.15) is 0 Å². The van der Waals surface area contributed by atoms with Crippen LogP contribution in [0.3, 0.4) is 0 Å². The SMILES string of the molecule is CCNC(C)c1cnc(N(C)Cc2csc(C)n2)s1. The molecular formula is C13H20N4S2. The van der Waals surface area contributed by atoms with E-state index in [0.717, 1.165) is 28.9 Å². The zero-order valence-corrected chi connectivity index (χ0v) is 13.4. The average Bonchev–Trinajstić information content (AvgIpc) is 2.98. The number of aromatic nitrogens is 2. The summed E-state index contributed by atoms with van der Waals surface area (Å²) in [5, 5.41) is 7.68. The molecule has 104 valence electrons. The Kier molecular flexibility index (Phi) is 4.90. The van der Waals surface area contributed by atoms with E-state index in [9.17, 15) is 0 Å². The quantitative estimate of drug-likeness (QED) is 0.888. The summed E-state index contributed by atoms with van der Waals surface area (Å²) in [7, 11) is 2.06. The third-order valence-electron chi connectivity index (χ3n) is 2.84. The average molecular weight is 296 g/mol. The van der Waals surface area contributed by atoms with Gasteiger partial charge in [-0.1, -0.05) is 6.92 Å². The van der Waals surface area contributed by atoms with Crippen LogP contribution in [0, 0.1) is 6.92 Å². The van der Waals surface area contributed by atoms with Gasteiger partial charge in [0.15, 0.2) is 5.13 Å². The smallest absolute Gasteiger partial charge is 0.185 e. The van der Waals surface area contributed by atoms with Crippen LogP contribution in [0.15, 0.2) is 11.6 Å². The van der Waals surface area contributed by atoms with E-state index in [1.807, 2.05) is 13.1 Å². The largest absolute Gasteiger partial charge is 0.345 e. The van der Waals surface area contributed by atoms with Crippen LogP contribution in [0.1, 0.15) is 35.5 Å². The molecule has 0 aliphatic carbocycles. The second-order valence-corrected chi connectivity index (χ2v) is 6.64. The first-order chi connectivity index (χ1) is 9.10. The molecule has 19 heavy (non-hydrogen) atoms. The van der Waals surface area contributed by atoms with Gasteiger partial charge < -0.3 is 10.2 Å². The molecule has 0 spiro atoms. The third kappa shape index (κ3) is 3.75. The monoisotopic (exact) mass is 296 g/mol. The van der Waals surface area contributed by atoms with Crippen LogP contribution in [-0.4, -0.2) is 23.6 Å². The van der Waals surface area contributed by atoms with E-state index >= 15 is 0 Å². The van der Waals surface area contributed by atoms with Gasteiger partial charge >= 0.3 is 0 Å². The Balaban J connectivity index is 2.01. The Morgan fingerprint density at radius 3 is 2.89 bits per heavy atom. The minimum atomic E-state index is 0.367. The number of rotatable bonds is 6. The summed E-state index contributed by atoms with van der Waals surface area (Å²) in [6, 6.07) is 0.367. The summed E-state index contributed by atoms with van der Waals surface area (Å²) in [6.07, 6.45) is 1.97. The van der Waals surface area contributed by atoms with Crippen LogP contribution in [0.5, 0.6) is 0 Å². The highest BCUT2D eigenvalue weighted by molar-refractivity contribution is 7.15. The predicted octanol–water partition coefficient (Wildman–Crippen LogP) is 3.21. The molecule has 2 heterocycles. The van der Waals surface area contributed by atoms with Crippen LogP contribution in [0.25, 0.3) is 0 Å². The van der Waals surface area contributed by atoms with Crippen LogP contribution >= 0.6 is 22.7 Å². The van der Waals surface area contributed by atoms with Crippen molar-refractivity contribution in [2.24, 2.45) is 0 Å². The molecule has 0 aromatic carbocycles. The molecule has 0 aliphatic rings. The molecular weight excluding hydrogens is 276 g/mol. The molecule has 1 unspecified atom stereocenters. The lowest BCUT2D eigenvalue weighted by atomic mass is 10.3. The molecule has 2 rings (SSSR count). The van der Waals surface area contributed by atoms with Gasteiger partial charge in [-0.05, 0) is 20.4 Å². The van der Waals surface area contributed by atoms with Crippen molar-refractivity contribution in [1.82, 2.24) is 15.3 Å². The van der Waals surface area contributed by atoms with Gasteiger partial charge in [-0.3, -0.25) is 0 Å². The summed E-state index contributed by atoms with van der Waals surface area (Å²) < 4.78 is 0. The van der Waals surface area contributed by atoms with Gasteiger partial charge in [0.2, 0.25) is 0 Å². The minimum Gasteiger partial charge on any atom is -0.345 e. The van der Waals surface area contributed by atoms with Crippen LogP contribution in [0.2, 0.25) is 0 Å². The standard InChI is InChI=1S/C13H20N4S2/c1-5-14-9(2)12-6-15-13(19-12)17(4)7-11-8-18-10(3)16-11/h6,8-9,14H,5,7H2,1-4H3. The maximum atomic E-state index is 4.50. The number of nitrogens with zero attached hydrogens (tertiary/aromatic N) is 3. The lowest BCUT2D eigenvalue weighted by Gasteiger charge is -2.14. The number of hydrogen-bond acceptors (Lipinski definition) is 6. The van der Waals surface area contributed by atoms with Crippen LogP contribution < -0.4 is 10.2 Å². The van der Waals surface area contributed by atoms with E-state index in [1.54, 1.807) is 22.7 Å². The van der Waals surface area contributed by atoms with Gasteiger partial charge in [0.25, 0.3) is 0 Å². The first kappa shape index (κ1) is 14.4. The maximum absolute atomic E-state index is 4.50. The number of anilines is 1. The van der Waals surface area contributed by atoms with E-state index in [2.05, 4.69) is 46.5 Å². The molecule has 0 fully saturated rings.